The van der Waals surface area contributed by atoms with Crippen molar-refractivity contribution < 1.29 is 0 Å². The first kappa shape index (κ1) is 29.3. The lowest BCUT2D eigenvalue weighted by molar-refractivity contribution is 1.07. The predicted octanol–water partition coefficient (Wildman–Crippen LogP) is 11.0. The maximum atomic E-state index is 5.08. The van der Waals surface area contributed by atoms with Crippen LogP contribution in [0.3, 0.4) is 0 Å². The third-order valence-corrected chi connectivity index (χ3v) is 8.98. The molecule has 0 radical (unpaired) electrons. The van der Waals surface area contributed by atoms with Gasteiger partial charge in [-0.1, -0.05) is 146 Å². The summed E-state index contributed by atoms with van der Waals surface area (Å²) in [6.07, 6.45) is 1.86. The molecule has 0 unspecified atom stereocenters. The van der Waals surface area contributed by atoms with Crippen LogP contribution in [-0.2, 0) is 0 Å². The minimum absolute atomic E-state index is 0.610. The van der Waals surface area contributed by atoms with Crippen LogP contribution in [0.1, 0.15) is 0 Å². The molecular formula is C45H29N5. The van der Waals surface area contributed by atoms with Gasteiger partial charge in [0.1, 0.15) is 0 Å². The molecule has 0 aliphatic carbocycles. The lowest BCUT2D eigenvalue weighted by Crippen LogP contribution is -2.00. The van der Waals surface area contributed by atoms with E-state index in [0.29, 0.717) is 17.5 Å². The van der Waals surface area contributed by atoms with Crippen molar-refractivity contribution in [3.8, 4) is 67.8 Å². The summed E-state index contributed by atoms with van der Waals surface area (Å²) in [5.74, 6) is 1.86. The van der Waals surface area contributed by atoms with Crippen LogP contribution < -0.4 is 0 Å². The van der Waals surface area contributed by atoms with E-state index in [-0.39, 0.29) is 0 Å². The SMILES string of the molecule is c1ccc(-c2ccc(-c3nc(-c4ccccc4)nc(-c4cccc(-c5ccnc(-c6nc7ccccc7c7ccccc67)c5)c4)n3)cc2)cc1. The standard InChI is InChI=1S/C45H29N5/c1-3-12-30(13-4-1)31-22-24-33(25-23-31)44-48-43(32-14-5-2-6-15-32)49-45(50-44)36-17-11-16-34(28-36)35-26-27-46-41(29-35)42-39-20-8-7-18-37(39)38-19-9-10-21-40(38)47-42/h1-29H. The third kappa shape index (κ3) is 5.57. The average molecular weight is 640 g/mol. The minimum atomic E-state index is 0.610. The molecule has 0 fully saturated rings. The molecule has 234 valence electrons. The summed E-state index contributed by atoms with van der Waals surface area (Å²) in [6, 6.07) is 58.0. The Labute approximate surface area is 289 Å². The monoisotopic (exact) mass is 639 g/mol. The molecule has 9 aromatic rings. The van der Waals surface area contributed by atoms with Crippen molar-refractivity contribution in [2.45, 2.75) is 0 Å². The topological polar surface area (TPSA) is 64.5 Å². The average Bonchev–Trinajstić information content (AvgIpc) is 3.21. The molecular weight excluding hydrogens is 611 g/mol. The Morgan fingerprint density at radius 1 is 0.300 bits per heavy atom. The van der Waals surface area contributed by atoms with Crippen LogP contribution in [0.25, 0.3) is 89.5 Å². The number of fused-ring (bicyclic) bond motifs is 3. The second-order valence-electron chi connectivity index (χ2n) is 12.1. The van der Waals surface area contributed by atoms with Gasteiger partial charge in [0.25, 0.3) is 0 Å². The predicted molar refractivity (Wildman–Crippen MR) is 203 cm³/mol. The number of hydrogen-bond acceptors (Lipinski definition) is 5. The van der Waals surface area contributed by atoms with Crippen LogP contribution >= 0.6 is 0 Å². The van der Waals surface area contributed by atoms with Crippen molar-refractivity contribution in [1.82, 2.24) is 24.9 Å². The highest BCUT2D eigenvalue weighted by molar-refractivity contribution is 6.10. The van der Waals surface area contributed by atoms with E-state index >= 15 is 0 Å². The Kier molecular flexibility index (Phi) is 7.41. The smallest absolute Gasteiger partial charge is 0.164 e. The number of hydrogen-bond donors (Lipinski definition) is 0. The molecule has 50 heavy (non-hydrogen) atoms. The number of pyridine rings is 2. The lowest BCUT2D eigenvalue weighted by Gasteiger charge is -2.12. The highest BCUT2D eigenvalue weighted by Gasteiger charge is 2.15. The quantitative estimate of drug-likeness (QED) is 0.169. The van der Waals surface area contributed by atoms with Gasteiger partial charge in [-0.25, -0.2) is 19.9 Å². The van der Waals surface area contributed by atoms with E-state index in [1.807, 2.05) is 54.7 Å². The molecule has 9 rings (SSSR count). The molecule has 0 saturated heterocycles. The molecule has 0 atom stereocenters. The molecule has 5 nitrogen and oxygen atoms in total. The van der Waals surface area contributed by atoms with Gasteiger partial charge in [-0.05, 0) is 51.9 Å². The fourth-order valence-corrected chi connectivity index (χ4v) is 6.47. The van der Waals surface area contributed by atoms with Crippen molar-refractivity contribution >= 4 is 21.7 Å². The Balaban J connectivity index is 1.13. The van der Waals surface area contributed by atoms with Gasteiger partial charge in [-0.2, -0.15) is 0 Å². The summed E-state index contributed by atoms with van der Waals surface area (Å²) in [4.78, 5) is 24.8. The van der Waals surface area contributed by atoms with Crippen molar-refractivity contribution in [3.63, 3.8) is 0 Å². The van der Waals surface area contributed by atoms with Crippen LogP contribution in [-0.4, -0.2) is 24.9 Å². The summed E-state index contributed by atoms with van der Waals surface area (Å²) in [6.45, 7) is 0. The summed E-state index contributed by atoms with van der Waals surface area (Å²) in [5.41, 5.74) is 9.77. The largest absolute Gasteiger partial charge is 0.255 e. The number of aromatic nitrogens is 5. The van der Waals surface area contributed by atoms with Crippen LogP contribution in [0.2, 0.25) is 0 Å². The van der Waals surface area contributed by atoms with Crippen LogP contribution in [0.5, 0.6) is 0 Å². The summed E-state index contributed by atoms with van der Waals surface area (Å²) >= 11 is 0. The van der Waals surface area contributed by atoms with E-state index in [9.17, 15) is 0 Å². The zero-order valence-corrected chi connectivity index (χ0v) is 27.0. The fraction of sp³-hybridized carbons (Fsp3) is 0. The number of rotatable bonds is 6. The van der Waals surface area contributed by atoms with Gasteiger partial charge < -0.3 is 0 Å². The second kappa shape index (κ2) is 12.6. The molecule has 0 aliphatic heterocycles. The van der Waals surface area contributed by atoms with Gasteiger partial charge in [-0.3, -0.25) is 4.98 Å². The Morgan fingerprint density at radius 3 is 1.54 bits per heavy atom. The molecule has 3 heterocycles. The van der Waals surface area contributed by atoms with Crippen molar-refractivity contribution in [2.75, 3.05) is 0 Å². The van der Waals surface area contributed by atoms with Gasteiger partial charge in [0, 0.05) is 33.7 Å². The third-order valence-electron chi connectivity index (χ3n) is 8.98. The molecule has 6 aromatic carbocycles. The van der Waals surface area contributed by atoms with Crippen LogP contribution in [0.15, 0.2) is 176 Å². The van der Waals surface area contributed by atoms with Gasteiger partial charge in [-0.15, -0.1) is 0 Å². The maximum Gasteiger partial charge on any atom is 0.164 e. The summed E-state index contributed by atoms with van der Waals surface area (Å²) in [7, 11) is 0. The van der Waals surface area contributed by atoms with Gasteiger partial charge in [0.05, 0.1) is 16.9 Å². The molecule has 3 aromatic heterocycles. The van der Waals surface area contributed by atoms with Crippen molar-refractivity contribution in [1.29, 1.82) is 0 Å². The van der Waals surface area contributed by atoms with Gasteiger partial charge in [0.15, 0.2) is 17.5 Å². The van der Waals surface area contributed by atoms with Crippen LogP contribution in [0.4, 0.5) is 0 Å². The molecule has 0 spiro atoms. The first-order chi connectivity index (χ1) is 24.8. The molecule has 0 saturated carbocycles. The van der Waals surface area contributed by atoms with E-state index in [2.05, 4.69) is 121 Å². The minimum Gasteiger partial charge on any atom is -0.255 e. The fourth-order valence-electron chi connectivity index (χ4n) is 6.47. The number of para-hydroxylation sites is 1. The highest BCUT2D eigenvalue weighted by atomic mass is 15.0. The highest BCUT2D eigenvalue weighted by Crippen LogP contribution is 2.34. The maximum absolute atomic E-state index is 5.08. The summed E-state index contributed by atoms with van der Waals surface area (Å²) < 4.78 is 0. The molecule has 0 N–H and O–H groups in total. The Morgan fingerprint density at radius 2 is 0.800 bits per heavy atom. The van der Waals surface area contributed by atoms with Gasteiger partial charge >= 0.3 is 0 Å². The first-order valence-corrected chi connectivity index (χ1v) is 16.6. The van der Waals surface area contributed by atoms with Gasteiger partial charge in [0.2, 0.25) is 0 Å². The Hall–Kier alpha value is -6.85. The molecule has 5 heteroatoms. The second-order valence-corrected chi connectivity index (χ2v) is 12.1. The van der Waals surface area contributed by atoms with Crippen molar-refractivity contribution in [2.24, 2.45) is 0 Å². The van der Waals surface area contributed by atoms with E-state index in [0.717, 1.165) is 66.4 Å². The zero-order valence-electron chi connectivity index (χ0n) is 27.0. The van der Waals surface area contributed by atoms with Crippen LogP contribution in [0, 0.1) is 0 Å². The number of benzene rings is 6. The normalized spacial score (nSPS) is 11.2. The van der Waals surface area contributed by atoms with E-state index in [1.54, 1.807) is 0 Å². The zero-order chi connectivity index (χ0) is 33.3. The van der Waals surface area contributed by atoms with E-state index < -0.39 is 0 Å². The van der Waals surface area contributed by atoms with E-state index in [1.165, 1.54) is 5.56 Å². The Bertz CT molecular complexity index is 2640. The summed E-state index contributed by atoms with van der Waals surface area (Å²) in [5, 5.41) is 3.37. The molecule has 0 bridgehead atoms. The first-order valence-electron chi connectivity index (χ1n) is 16.6. The van der Waals surface area contributed by atoms with E-state index in [4.69, 9.17) is 24.9 Å². The van der Waals surface area contributed by atoms with Crippen molar-refractivity contribution in [3.05, 3.63) is 176 Å². The molecule has 0 amide bonds. The lowest BCUT2D eigenvalue weighted by atomic mass is 9.99. The number of nitrogens with zero attached hydrogens (tertiary/aromatic N) is 5. The molecule has 0 aliphatic rings.